The zero-order valence-corrected chi connectivity index (χ0v) is 16.2. The van der Waals surface area contributed by atoms with Crippen LogP contribution in [0, 0.1) is 0 Å². The maximum absolute atomic E-state index is 4.26. The van der Waals surface area contributed by atoms with Crippen molar-refractivity contribution >= 4 is 5.82 Å². The molecule has 0 spiro atoms. The Hall–Kier alpha value is -1.94. The van der Waals surface area contributed by atoms with E-state index in [2.05, 4.69) is 46.7 Å². The molecule has 134 valence electrons. The number of rotatable bonds is 6. The molecule has 0 fully saturated rings. The number of hydrogen-bond acceptors (Lipinski definition) is 4. The monoisotopic (exact) mass is 330 g/mol. The third-order valence-electron chi connectivity index (χ3n) is 3.53. The van der Waals surface area contributed by atoms with E-state index in [9.17, 15) is 0 Å². The lowest BCUT2D eigenvalue weighted by Crippen LogP contribution is -2.20. The molecule has 0 amide bonds. The summed E-state index contributed by atoms with van der Waals surface area (Å²) < 4.78 is 0. The highest BCUT2D eigenvalue weighted by molar-refractivity contribution is 5.35. The van der Waals surface area contributed by atoms with Gasteiger partial charge in [-0.05, 0) is 44.8 Å². The first-order chi connectivity index (χ1) is 11.7. The largest absolute Gasteiger partial charge is 0.360 e. The average Bonchev–Trinajstić information content (AvgIpc) is 2.69. The molecule has 2 heterocycles. The van der Waals surface area contributed by atoms with Gasteiger partial charge in [-0.3, -0.25) is 4.98 Å². The molecule has 2 aromatic rings. The lowest BCUT2D eigenvalue weighted by molar-refractivity contribution is 0.356. The maximum Gasteiger partial charge on any atom is 0.128 e. The van der Waals surface area contributed by atoms with E-state index < -0.39 is 0 Å². The van der Waals surface area contributed by atoms with E-state index in [4.69, 9.17) is 0 Å². The summed E-state index contributed by atoms with van der Waals surface area (Å²) >= 11 is 0. The molecule has 4 nitrogen and oxygen atoms in total. The summed E-state index contributed by atoms with van der Waals surface area (Å²) in [5, 5.41) is 0. The van der Waals surface area contributed by atoms with Crippen molar-refractivity contribution in [3.8, 4) is 0 Å². The van der Waals surface area contributed by atoms with Crippen LogP contribution < -0.4 is 4.90 Å². The van der Waals surface area contributed by atoms with Crippen LogP contribution >= 0.6 is 0 Å². The number of aromatic nitrogens is 2. The minimum Gasteiger partial charge on any atom is -0.360 e. The molecule has 0 radical (unpaired) electrons. The van der Waals surface area contributed by atoms with Crippen LogP contribution in [0.15, 0.2) is 48.8 Å². The first-order valence-electron chi connectivity index (χ1n) is 8.88. The van der Waals surface area contributed by atoms with Gasteiger partial charge in [0.1, 0.15) is 5.82 Å². The number of likely N-dealkylation sites (N-methyl/N-ethyl adjacent to an activating group) is 1. The summed E-state index contributed by atoms with van der Waals surface area (Å²) in [4.78, 5) is 12.8. The predicted octanol–water partition coefficient (Wildman–Crippen LogP) is 4.14. The molecule has 0 aliphatic carbocycles. The molecule has 4 heteroatoms. The lowest BCUT2D eigenvalue weighted by Gasteiger charge is -2.13. The molecule has 0 N–H and O–H groups in total. The van der Waals surface area contributed by atoms with Crippen LogP contribution in [0.3, 0.4) is 0 Å². The van der Waals surface area contributed by atoms with E-state index in [1.54, 1.807) is 0 Å². The minimum absolute atomic E-state index is 0.997. The van der Waals surface area contributed by atoms with Gasteiger partial charge in [-0.2, -0.15) is 0 Å². The normalized spacial score (nSPS) is 9.46. The topological polar surface area (TPSA) is 32.3 Å². The van der Waals surface area contributed by atoms with Crippen LogP contribution in [0.2, 0.25) is 0 Å². The Morgan fingerprint density at radius 2 is 1.46 bits per heavy atom. The fourth-order valence-electron chi connectivity index (χ4n) is 1.75. The second-order valence-electron chi connectivity index (χ2n) is 5.17. The molecular weight excluding hydrogens is 296 g/mol. The van der Waals surface area contributed by atoms with E-state index in [0.717, 1.165) is 31.9 Å². The molecule has 2 aromatic heterocycles. The van der Waals surface area contributed by atoms with Crippen molar-refractivity contribution in [2.75, 3.05) is 38.6 Å². The summed E-state index contributed by atoms with van der Waals surface area (Å²) in [5.41, 5.74) is 1.18. The van der Waals surface area contributed by atoms with Gasteiger partial charge in [-0.15, -0.1) is 0 Å². The quantitative estimate of drug-likeness (QED) is 0.797. The van der Waals surface area contributed by atoms with E-state index in [1.165, 1.54) is 5.69 Å². The zero-order valence-electron chi connectivity index (χ0n) is 16.2. The lowest BCUT2D eigenvalue weighted by atomic mass is 10.2. The van der Waals surface area contributed by atoms with E-state index in [-0.39, 0.29) is 0 Å². The molecule has 0 atom stereocenters. The summed E-state index contributed by atoms with van der Waals surface area (Å²) in [6.07, 6.45) is 4.70. The maximum atomic E-state index is 4.26. The van der Waals surface area contributed by atoms with Crippen molar-refractivity contribution in [3.05, 3.63) is 54.5 Å². The molecule has 0 aliphatic heterocycles. The molecule has 0 unspecified atom stereocenters. The molecule has 24 heavy (non-hydrogen) atoms. The van der Waals surface area contributed by atoms with Crippen molar-refractivity contribution in [1.82, 2.24) is 14.9 Å². The van der Waals surface area contributed by atoms with E-state index >= 15 is 0 Å². The van der Waals surface area contributed by atoms with Gasteiger partial charge in [0.2, 0.25) is 0 Å². The summed E-state index contributed by atoms with van der Waals surface area (Å²) in [6, 6.07) is 12.0. The summed E-state index contributed by atoms with van der Waals surface area (Å²) in [6.45, 7) is 11.5. The summed E-state index contributed by atoms with van der Waals surface area (Å²) in [5.74, 6) is 1.03. The average molecular weight is 331 g/mol. The van der Waals surface area contributed by atoms with Crippen LogP contribution in [-0.2, 0) is 6.42 Å². The van der Waals surface area contributed by atoms with Gasteiger partial charge < -0.3 is 9.80 Å². The van der Waals surface area contributed by atoms with Crippen molar-refractivity contribution in [3.63, 3.8) is 0 Å². The SMILES string of the molecule is CC.CCN(C)CCc1ccccn1.CCN(C)c1ccccn1. The fraction of sp³-hybridized carbons (Fsp3) is 0.500. The van der Waals surface area contributed by atoms with Gasteiger partial charge in [0.15, 0.2) is 0 Å². The molecule has 0 saturated heterocycles. The third-order valence-corrected chi connectivity index (χ3v) is 3.53. The molecule has 0 saturated carbocycles. The summed E-state index contributed by atoms with van der Waals surface area (Å²) in [7, 11) is 4.16. The Bertz CT molecular complexity index is 488. The van der Waals surface area contributed by atoms with Gasteiger partial charge in [0.25, 0.3) is 0 Å². The Kier molecular flexibility index (Phi) is 13.5. The van der Waals surface area contributed by atoms with Crippen LogP contribution in [0.1, 0.15) is 33.4 Å². The van der Waals surface area contributed by atoms with Gasteiger partial charge in [0, 0.05) is 44.6 Å². The van der Waals surface area contributed by atoms with Gasteiger partial charge in [0.05, 0.1) is 0 Å². The first-order valence-corrected chi connectivity index (χ1v) is 8.88. The molecule has 2 rings (SSSR count). The zero-order chi connectivity index (χ0) is 18.2. The second kappa shape index (κ2) is 14.6. The van der Waals surface area contributed by atoms with E-state index in [0.29, 0.717) is 0 Å². The molecule has 0 aliphatic rings. The van der Waals surface area contributed by atoms with Crippen LogP contribution in [0.4, 0.5) is 5.82 Å². The highest BCUT2D eigenvalue weighted by Crippen LogP contribution is 2.04. The number of nitrogens with zero attached hydrogens (tertiary/aromatic N) is 4. The smallest absolute Gasteiger partial charge is 0.128 e. The number of hydrogen-bond donors (Lipinski definition) is 0. The molecule has 0 bridgehead atoms. The van der Waals surface area contributed by atoms with Gasteiger partial charge in [-0.25, -0.2) is 4.98 Å². The van der Waals surface area contributed by atoms with Crippen LogP contribution in [-0.4, -0.2) is 48.6 Å². The standard InChI is InChI=1S/C10H16N2.C8H12N2.C2H6/c1-3-12(2)9-7-10-6-4-5-8-11-10;1-3-10(2)8-6-4-5-7-9-8;1-2/h4-6,8H,3,7,9H2,1-2H3;4-7H,3H2,1-2H3;1-2H3. The van der Waals surface area contributed by atoms with Gasteiger partial charge in [-0.1, -0.05) is 32.9 Å². The van der Waals surface area contributed by atoms with Crippen molar-refractivity contribution in [2.45, 2.75) is 34.1 Å². The fourth-order valence-corrected chi connectivity index (χ4v) is 1.75. The van der Waals surface area contributed by atoms with Crippen molar-refractivity contribution in [1.29, 1.82) is 0 Å². The second-order valence-corrected chi connectivity index (χ2v) is 5.17. The minimum atomic E-state index is 0.997. The van der Waals surface area contributed by atoms with Crippen molar-refractivity contribution < 1.29 is 0 Å². The molecule has 0 aromatic carbocycles. The third kappa shape index (κ3) is 9.95. The Balaban J connectivity index is 0.000000405. The van der Waals surface area contributed by atoms with Crippen molar-refractivity contribution in [2.24, 2.45) is 0 Å². The van der Waals surface area contributed by atoms with Crippen LogP contribution in [0.25, 0.3) is 0 Å². The van der Waals surface area contributed by atoms with Gasteiger partial charge >= 0.3 is 0 Å². The predicted molar refractivity (Wildman–Crippen MR) is 106 cm³/mol. The van der Waals surface area contributed by atoms with Crippen LogP contribution in [0.5, 0.6) is 0 Å². The number of anilines is 1. The highest BCUT2D eigenvalue weighted by atomic mass is 15.1. The Morgan fingerprint density at radius 1 is 0.833 bits per heavy atom. The Labute approximate surface area is 148 Å². The number of pyridine rings is 2. The Morgan fingerprint density at radius 3 is 1.92 bits per heavy atom. The van der Waals surface area contributed by atoms with E-state index in [1.807, 2.05) is 63.6 Å². The molecular formula is C20H34N4. The highest BCUT2D eigenvalue weighted by Gasteiger charge is 1.96. The first kappa shape index (κ1) is 22.1.